The molecule has 0 amide bonds. The van der Waals surface area contributed by atoms with E-state index >= 15 is 0 Å². The van der Waals surface area contributed by atoms with Crippen molar-refractivity contribution in [2.45, 2.75) is 13.5 Å². The lowest BCUT2D eigenvalue weighted by Gasteiger charge is -2.06. The maximum absolute atomic E-state index is 10.7. The molecule has 0 saturated carbocycles. The van der Waals surface area contributed by atoms with E-state index in [1.165, 1.54) is 6.07 Å². The number of rotatable bonds is 3. The van der Waals surface area contributed by atoms with Crippen molar-refractivity contribution in [1.29, 1.82) is 5.26 Å². The van der Waals surface area contributed by atoms with Gasteiger partial charge in [-0.25, -0.2) is 4.79 Å². The van der Waals surface area contributed by atoms with Crippen LogP contribution in [-0.4, -0.2) is 20.9 Å². The molecule has 0 spiro atoms. The minimum Gasteiger partial charge on any atom is -0.476 e. The Morgan fingerprint density at radius 1 is 1.50 bits per heavy atom. The van der Waals surface area contributed by atoms with Crippen molar-refractivity contribution in [2.24, 2.45) is 0 Å². The number of benzene rings is 1. The first-order valence-electron chi connectivity index (χ1n) is 5.36. The van der Waals surface area contributed by atoms with Gasteiger partial charge in [0, 0.05) is 6.20 Å². The van der Waals surface area contributed by atoms with Gasteiger partial charge in [-0.1, -0.05) is 6.07 Å². The van der Waals surface area contributed by atoms with Gasteiger partial charge in [0.2, 0.25) is 0 Å². The van der Waals surface area contributed by atoms with E-state index in [4.69, 9.17) is 10.4 Å². The van der Waals surface area contributed by atoms with Crippen LogP contribution in [0.1, 0.15) is 27.2 Å². The SMILES string of the molecule is Cc1cc(C#N)ccc1Cn1ccc(C(=O)O)n1. The zero-order valence-corrected chi connectivity index (χ0v) is 9.79. The van der Waals surface area contributed by atoms with Crippen LogP contribution in [0.15, 0.2) is 30.5 Å². The summed E-state index contributed by atoms with van der Waals surface area (Å²) < 4.78 is 1.57. The largest absolute Gasteiger partial charge is 0.476 e. The summed E-state index contributed by atoms with van der Waals surface area (Å²) in [5.74, 6) is -1.04. The summed E-state index contributed by atoms with van der Waals surface area (Å²) in [6, 6.07) is 8.94. The molecular formula is C13H11N3O2. The molecule has 0 atom stereocenters. The molecular weight excluding hydrogens is 230 g/mol. The molecule has 0 aliphatic carbocycles. The van der Waals surface area contributed by atoms with Gasteiger partial charge in [-0.15, -0.1) is 0 Å². The molecule has 0 radical (unpaired) electrons. The van der Waals surface area contributed by atoms with E-state index < -0.39 is 5.97 Å². The van der Waals surface area contributed by atoms with Crippen molar-refractivity contribution in [1.82, 2.24) is 9.78 Å². The highest BCUT2D eigenvalue weighted by atomic mass is 16.4. The van der Waals surface area contributed by atoms with Gasteiger partial charge in [-0.2, -0.15) is 10.4 Å². The first kappa shape index (κ1) is 11.9. The summed E-state index contributed by atoms with van der Waals surface area (Å²) in [6.07, 6.45) is 1.63. The smallest absolute Gasteiger partial charge is 0.356 e. The fourth-order valence-corrected chi connectivity index (χ4v) is 1.68. The summed E-state index contributed by atoms with van der Waals surface area (Å²) >= 11 is 0. The minimum absolute atomic E-state index is 0.0290. The Morgan fingerprint density at radius 3 is 2.83 bits per heavy atom. The zero-order valence-electron chi connectivity index (χ0n) is 9.79. The summed E-state index contributed by atoms with van der Waals surface area (Å²) in [4.78, 5) is 10.7. The third-order valence-electron chi connectivity index (χ3n) is 2.66. The number of carboxylic acids is 1. The first-order valence-corrected chi connectivity index (χ1v) is 5.36. The topological polar surface area (TPSA) is 78.9 Å². The number of aromatic nitrogens is 2. The summed E-state index contributed by atoms with van der Waals surface area (Å²) in [7, 11) is 0. The summed E-state index contributed by atoms with van der Waals surface area (Å²) in [5.41, 5.74) is 2.64. The van der Waals surface area contributed by atoms with Gasteiger partial charge in [-0.3, -0.25) is 4.68 Å². The first-order chi connectivity index (χ1) is 8.60. The number of carbonyl (C=O) groups is 1. The molecule has 2 aromatic rings. The van der Waals surface area contributed by atoms with E-state index in [1.807, 2.05) is 13.0 Å². The molecule has 0 bridgehead atoms. The molecule has 1 aromatic carbocycles. The normalized spacial score (nSPS) is 10.0. The Bertz CT molecular complexity index is 638. The molecule has 0 aliphatic heterocycles. The standard InChI is InChI=1S/C13H11N3O2/c1-9-6-10(7-14)2-3-11(9)8-16-5-4-12(15-16)13(17)18/h2-6H,8H2,1H3,(H,17,18). The summed E-state index contributed by atoms with van der Waals surface area (Å²) in [5, 5.41) is 21.5. The van der Waals surface area contributed by atoms with Crippen molar-refractivity contribution in [3.8, 4) is 6.07 Å². The fourth-order valence-electron chi connectivity index (χ4n) is 1.68. The van der Waals surface area contributed by atoms with Gasteiger partial charge in [0.1, 0.15) is 0 Å². The lowest BCUT2D eigenvalue weighted by molar-refractivity contribution is 0.0689. The third kappa shape index (κ3) is 2.38. The van der Waals surface area contributed by atoms with Crippen LogP contribution >= 0.6 is 0 Å². The second kappa shape index (κ2) is 4.72. The Labute approximate surface area is 104 Å². The number of aryl methyl sites for hydroxylation is 1. The van der Waals surface area contributed by atoms with Gasteiger partial charge in [0.25, 0.3) is 0 Å². The molecule has 2 rings (SSSR count). The highest BCUT2D eigenvalue weighted by Gasteiger charge is 2.07. The molecule has 0 saturated heterocycles. The van der Waals surface area contributed by atoms with E-state index in [9.17, 15) is 4.79 Å². The predicted molar refractivity (Wildman–Crippen MR) is 64.2 cm³/mol. The Balaban J connectivity index is 2.23. The van der Waals surface area contributed by atoms with Crippen molar-refractivity contribution in [3.63, 3.8) is 0 Å². The third-order valence-corrected chi connectivity index (χ3v) is 2.66. The van der Waals surface area contributed by atoms with Gasteiger partial charge < -0.3 is 5.11 Å². The fraction of sp³-hybridized carbons (Fsp3) is 0.154. The van der Waals surface area contributed by atoms with Gasteiger partial charge in [0.05, 0.1) is 18.2 Å². The Kier molecular flexibility index (Phi) is 3.11. The number of hydrogen-bond donors (Lipinski definition) is 1. The Morgan fingerprint density at radius 2 is 2.28 bits per heavy atom. The second-order valence-electron chi connectivity index (χ2n) is 3.96. The molecule has 0 aliphatic rings. The molecule has 90 valence electrons. The van der Waals surface area contributed by atoms with E-state index in [2.05, 4.69) is 11.2 Å². The minimum atomic E-state index is -1.04. The maximum Gasteiger partial charge on any atom is 0.356 e. The van der Waals surface area contributed by atoms with Crippen LogP contribution in [0.2, 0.25) is 0 Å². The molecule has 5 nitrogen and oxygen atoms in total. The van der Waals surface area contributed by atoms with Gasteiger partial charge in [0.15, 0.2) is 5.69 Å². The molecule has 0 unspecified atom stereocenters. The predicted octanol–water partition coefficient (Wildman–Crippen LogP) is 1.81. The number of hydrogen-bond acceptors (Lipinski definition) is 3. The molecule has 18 heavy (non-hydrogen) atoms. The van der Waals surface area contributed by atoms with E-state index in [0.29, 0.717) is 12.1 Å². The van der Waals surface area contributed by atoms with Crippen LogP contribution in [0, 0.1) is 18.3 Å². The lowest BCUT2D eigenvalue weighted by atomic mass is 10.1. The number of nitriles is 1. The number of carboxylic acid groups (broad SMARTS) is 1. The molecule has 1 heterocycles. The average molecular weight is 241 g/mol. The number of aromatic carboxylic acids is 1. The molecule has 5 heteroatoms. The van der Waals surface area contributed by atoms with Crippen LogP contribution in [0.25, 0.3) is 0 Å². The maximum atomic E-state index is 10.7. The van der Waals surface area contributed by atoms with Gasteiger partial charge >= 0.3 is 5.97 Å². The Hall–Kier alpha value is -2.61. The lowest BCUT2D eigenvalue weighted by Crippen LogP contribution is -2.05. The van der Waals surface area contributed by atoms with Crippen molar-refractivity contribution in [2.75, 3.05) is 0 Å². The number of nitrogens with zero attached hydrogens (tertiary/aromatic N) is 3. The second-order valence-corrected chi connectivity index (χ2v) is 3.96. The van der Waals surface area contributed by atoms with Crippen LogP contribution in [-0.2, 0) is 6.54 Å². The van der Waals surface area contributed by atoms with Crippen LogP contribution in [0.3, 0.4) is 0 Å². The van der Waals surface area contributed by atoms with Crippen LogP contribution in [0.5, 0.6) is 0 Å². The molecule has 1 N–H and O–H groups in total. The zero-order chi connectivity index (χ0) is 13.1. The highest BCUT2D eigenvalue weighted by molar-refractivity contribution is 5.85. The van der Waals surface area contributed by atoms with E-state index in [-0.39, 0.29) is 5.69 Å². The van der Waals surface area contributed by atoms with Crippen molar-refractivity contribution >= 4 is 5.97 Å². The van der Waals surface area contributed by atoms with Crippen LogP contribution < -0.4 is 0 Å². The highest BCUT2D eigenvalue weighted by Crippen LogP contribution is 2.12. The molecule has 0 fully saturated rings. The molecule has 1 aromatic heterocycles. The van der Waals surface area contributed by atoms with Crippen LogP contribution in [0.4, 0.5) is 0 Å². The summed E-state index contributed by atoms with van der Waals surface area (Å²) in [6.45, 7) is 2.41. The quantitative estimate of drug-likeness (QED) is 0.888. The van der Waals surface area contributed by atoms with Crippen molar-refractivity contribution in [3.05, 3.63) is 52.8 Å². The average Bonchev–Trinajstić information content (AvgIpc) is 2.80. The van der Waals surface area contributed by atoms with Gasteiger partial charge in [-0.05, 0) is 36.2 Å². The van der Waals surface area contributed by atoms with E-state index in [0.717, 1.165) is 11.1 Å². The monoisotopic (exact) mass is 241 g/mol. The van der Waals surface area contributed by atoms with Crippen molar-refractivity contribution < 1.29 is 9.90 Å². The van der Waals surface area contributed by atoms with E-state index in [1.54, 1.807) is 23.0 Å².